The fraction of sp³-hybridized carbons (Fsp3) is 0.375. The van der Waals surface area contributed by atoms with Crippen molar-refractivity contribution in [2.24, 2.45) is 5.92 Å². The third-order valence-corrected chi connectivity index (χ3v) is 5.05. The van der Waals surface area contributed by atoms with E-state index in [9.17, 15) is 9.59 Å². The average Bonchev–Trinajstić information content (AvgIpc) is 3.15. The second-order valence-electron chi connectivity index (χ2n) is 8.98. The smallest absolute Gasteiger partial charge is 0.251 e. The van der Waals surface area contributed by atoms with Gasteiger partial charge in [0.1, 0.15) is 17.6 Å². The van der Waals surface area contributed by atoms with Gasteiger partial charge < -0.3 is 20.4 Å². The van der Waals surface area contributed by atoms with Gasteiger partial charge in [-0.1, -0.05) is 34.6 Å². The number of hydrogen-bond acceptors (Lipinski definition) is 4. The number of rotatable bonds is 6. The molecule has 7 nitrogen and oxygen atoms in total. The number of carbonyl (C=O) groups excluding carboxylic acids is 2. The van der Waals surface area contributed by atoms with Crippen LogP contribution >= 0.6 is 0 Å². The first-order chi connectivity index (χ1) is 14.6. The molecule has 2 amide bonds. The summed E-state index contributed by atoms with van der Waals surface area (Å²) in [6, 6.07) is 11.6. The minimum absolute atomic E-state index is 0.0921. The monoisotopic (exact) mass is 422 g/mol. The first-order valence-electron chi connectivity index (χ1n) is 10.3. The number of aromatic amines is 1. The summed E-state index contributed by atoms with van der Waals surface area (Å²) in [7, 11) is 1.57. The number of carbonyl (C=O) groups is 2. The van der Waals surface area contributed by atoms with E-state index in [1.807, 2.05) is 32.0 Å². The molecule has 0 aliphatic carbocycles. The first kappa shape index (κ1) is 22.3. The lowest BCUT2D eigenvalue weighted by atomic mass is 9.96. The van der Waals surface area contributed by atoms with E-state index < -0.39 is 6.04 Å². The summed E-state index contributed by atoms with van der Waals surface area (Å²) in [6.07, 6.45) is 0. The van der Waals surface area contributed by atoms with Crippen LogP contribution < -0.4 is 15.4 Å². The van der Waals surface area contributed by atoms with Crippen LogP contribution in [0.3, 0.4) is 0 Å². The molecular weight excluding hydrogens is 392 g/mol. The molecule has 2 aromatic carbocycles. The van der Waals surface area contributed by atoms with Crippen LogP contribution in [0.15, 0.2) is 42.5 Å². The summed E-state index contributed by atoms with van der Waals surface area (Å²) < 4.78 is 5.12. The molecule has 7 heteroatoms. The van der Waals surface area contributed by atoms with E-state index in [-0.39, 0.29) is 23.1 Å². The molecule has 0 fully saturated rings. The van der Waals surface area contributed by atoms with Crippen molar-refractivity contribution in [2.75, 3.05) is 12.4 Å². The number of H-pyrrole nitrogens is 1. The number of amides is 2. The van der Waals surface area contributed by atoms with Gasteiger partial charge in [-0.05, 0) is 48.4 Å². The molecule has 31 heavy (non-hydrogen) atoms. The van der Waals surface area contributed by atoms with Gasteiger partial charge in [0.25, 0.3) is 5.91 Å². The summed E-state index contributed by atoms with van der Waals surface area (Å²) in [6.45, 7) is 10.1. The Labute approximate surface area is 182 Å². The highest BCUT2D eigenvalue weighted by Crippen LogP contribution is 2.24. The van der Waals surface area contributed by atoms with E-state index in [0.717, 1.165) is 16.9 Å². The molecule has 3 aromatic rings. The molecule has 0 saturated heterocycles. The zero-order chi connectivity index (χ0) is 22.8. The number of anilines is 1. The van der Waals surface area contributed by atoms with Crippen LogP contribution in [0.25, 0.3) is 11.0 Å². The molecule has 3 N–H and O–H groups in total. The zero-order valence-corrected chi connectivity index (χ0v) is 18.9. The third-order valence-electron chi connectivity index (χ3n) is 5.05. The molecule has 0 radical (unpaired) electrons. The van der Waals surface area contributed by atoms with Crippen LogP contribution in [0.1, 0.15) is 50.8 Å². The van der Waals surface area contributed by atoms with Crippen molar-refractivity contribution in [1.29, 1.82) is 0 Å². The fourth-order valence-corrected chi connectivity index (χ4v) is 3.16. The second-order valence-corrected chi connectivity index (χ2v) is 8.98. The highest BCUT2D eigenvalue weighted by molar-refractivity contribution is 6.02. The topological polar surface area (TPSA) is 96.1 Å². The summed E-state index contributed by atoms with van der Waals surface area (Å²) >= 11 is 0. The normalized spacial score (nSPS) is 12.6. The van der Waals surface area contributed by atoms with Gasteiger partial charge in [0.15, 0.2) is 0 Å². The van der Waals surface area contributed by atoms with Crippen molar-refractivity contribution in [1.82, 2.24) is 15.3 Å². The van der Waals surface area contributed by atoms with Gasteiger partial charge in [0.2, 0.25) is 5.91 Å². The van der Waals surface area contributed by atoms with Crippen molar-refractivity contribution in [3.8, 4) is 5.75 Å². The Balaban J connectivity index is 1.74. The van der Waals surface area contributed by atoms with E-state index in [2.05, 4.69) is 41.4 Å². The van der Waals surface area contributed by atoms with E-state index in [0.29, 0.717) is 17.0 Å². The zero-order valence-electron chi connectivity index (χ0n) is 18.9. The Hall–Kier alpha value is -3.35. The maximum absolute atomic E-state index is 13.0. The molecule has 1 aromatic heterocycles. The van der Waals surface area contributed by atoms with Crippen LogP contribution in [0.4, 0.5) is 5.69 Å². The lowest BCUT2D eigenvalue weighted by Crippen LogP contribution is -2.47. The van der Waals surface area contributed by atoms with Gasteiger partial charge in [-0.25, -0.2) is 4.98 Å². The predicted molar refractivity (Wildman–Crippen MR) is 123 cm³/mol. The molecule has 0 aliphatic heterocycles. The molecule has 1 heterocycles. The average molecular weight is 423 g/mol. The SMILES string of the molecule is COc1ccc(C(=O)N[C@H](C(=O)Nc2ccc3nc(C(C)(C)C)[nH]c3c2)C(C)C)cc1. The van der Waals surface area contributed by atoms with Gasteiger partial charge in [0, 0.05) is 16.7 Å². The van der Waals surface area contributed by atoms with Crippen LogP contribution in [0, 0.1) is 5.92 Å². The Morgan fingerprint density at radius 3 is 2.32 bits per heavy atom. The number of fused-ring (bicyclic) bond motifs is 1. The Morgan fingerprint density at radius 1 is 1.06 bits per heavy atom. The molecule has 0 spiro atoms. The fourth-order valence-electron chi connectivity index (χ4n) is 3.16. The Morgan fingerprint density at radius 2 is 1.74 bits per heavy atom. The highest BCUT2D eigenvalue weighted by Gasteiger charge is 2.25. The van der Waals surface area contributed by atoms with E-state index in [4.69, 9.17) is 4.74 Å². The lowest BCUT2D eigenvalue weighted by molar-refractivity contribution is -0.118. The van der Waals surface area contributed by atoms with E-state index in [1.54, 1.807) is 31.4 Å². The maximum Gasteiger partial charge on any atom is 0.251 e. The highest BCUT2D eigenvalue weighted by atomic mass is 16.5. The summed E-state index contributed by atoms with van der Waals surface area (Å²) in [5.41, 5.74) is 2.71. The molecule has 0 aliphatic rings. The molecule has 0 unspecified atom stereocenters. The standard InChI is InChI=1S/C24H30N4O3/c1-14(2)20(28-21(29)15-7-10-17(31-6)11-8-15)22(30)25-16-9-12-18-19(13-16)27-23(26-18)24(3,4)5/h7-14,20H,1-6H3,(H,25,30)(H,26,27)(H,28,29)/t20-/m0/s1. The van der Waals surface area contributed by atoms with Crippen molar-refractivity contribution < 1.29 is 14.3 Å². The summed E-state index contributed by atoms with van der Waals surface area (Å²) in [4.78, 5) is 33.5. The first-order valence-corrected chi connectivity index (χ1v) is 10.3. The van der Waals surface area contributed by atoms with Gasteiger partial charge >= 0.3 is 0 Å². The number of nitrogens with one attached hydrogen (secondary N) is 3. The minimum atomic E-state index is -0.683. The number of ether oxygens (including phenoxy) is 1. The van der Waals surface area contributed by atoms with Crippen molar-refractivity contribution in [3.05, 3.63) is 53.9 Å². The number of hydrogen-bond donors (Lipinski definition) is 3. The third kappa shape index (κ3) is 5.23. The van der Waals surface area contributed by atoms with Gasteiger partial charge in [-0.15, -0.1) is 0 Å². The van der Waals surface area contributed by atoms with Gasteiger partial charge in [-0.2, -0.15) is 0 Å². The molecular formula is C24H30N4O3. The molecule has 3 rings (SSSR count). The van der Waals surface area contributed by atoms with E-state index in [1.165, 1.54) is 0 Å². The van der Waals surface area contributed by atoms with E-state index >= 15 is 0 Å². The number of nitrogens with zero attached hydrogens (tertiary/aromatic N) is 1. The number of methoxy groups -OCH3 is 1. The van der Waals surface area contributed by atoms with Crippen LogP contribution in [-0.4, -0.2) is 34.9 Å². The second kappa shape index (κ2) is 8.79. The lowest BCUT2D eigenvalue weighted by Gasteiger charge is -2.22. The number of imidazole rings is 1. The van der Waals surface area contributed by atoms with Gasteiger partial charge in [-0.3, -0.25) is 9.59 Å². The minimum Gasteiger partial charge on any atom is -0.497 e. The molecule has 0 bridgehead atoms. The number of benzene rings is 2. The van der Waals surface area contributed by atoms with Gasteiger partial charge in [0.05, 0.1) is 18.1 Å². The van der Waals surface area contributed by atoms with Crippen LogP contribution in [0.5, 0.6) is 5.75 Å². The van der Waals surface area contributed by atoms with Crippen molar-refractivity contribution >= 4 is 28.5 Å². The quantitative estimate of drug-likeness (QED) is 0.553. The van der Waals surface area contributed by atoms with Crippen molar-refractivity contribution in [3.63, 3.8) is 0 Å². The number of aromatic nitrogens is 2. The molecule has 0 saturated carbocycles. The summed E-state index contributed by atoms with van der Waals surface area (Å²) in [5, 5.41) is 5.76. The molecule has 164 valence electrons. The Bertz CT molecular complexity index is 1080. The molecule has 1 atom stereocenters. The Kier molecular flexibility index (Phi) is 6.34. The maximum atomic E-state index is 13.0. The van der Waals surface area contributed by atoms with Crippen molar-refractivity contribution in [2.45, 2.75) is 46.1 Å². The summed E-state index contributed by atoms with van der Waals surface area (Å²) in [5.74, 6) is 0.879. The predicted octanol–water partition coefficient (Wildman–Crippen LogP) is 4.26. The van der Waals surface area contributed by atoms with Crippen LogP contribution in [-0.2, 0) is 10.2 Å². The van der Waals surface area contributed by atoms with Crippen LogP contribution in [0.2, 0.25) is 0 Å². The largest absolute Gasteiger partial charge is 0.497 e.